The Hall–Kier alpha value is -3.62. The second kappa shape index (κ2) is 8.63. The van der Waals surface area contributed by atoms with Crippen LogP contribution >= 0.6 is 0 Å². The van der Waals surface area contributed by atoms with Gasteiger partial charge in [0.25, 0.3) is 11.8 Å². The lowest BCUT2D eigenvalue weighted by molar-refractivity contribution is 0.0524. The summed E-state index contributed by atoms with van der Waals surface area (Å²) in [7, 11) is 5.23. The number of ether oxygens (including phenoxy) is 2. The van der Waals surface area contributed by atoms with Crippen LogP contribution in [0, 0.1) is 0 Å². The Kier molecular flexibility index (Phi) is 5.75. The number of para-hydroxylation sites is 1. The highest BCUT2D eigenvalue weighted by Gasteiger charge is 2.29. The number of anilines is 1. The highest BCUT2D eigenvalue weighted by Crippen LogP contribution is 2.26. The Morgan fingerprint density at radius 2 is 2.06 bits per heavy atom. The van der Waals surface area contributed by atoms with Gasteiger partial charge in [-0.3, -0.25) is 4.79 Å². The minimum atomic E-state index is -0.686. The van der Waals surface area contributed by atoms with E-state index in [1.54, 1.807) is 41.6 Å². The maximum Gasteiger partial charge on any atom is 0.349 e. The van der Waals surface area contributed by atoms with Crippen LogP contribution in [0.5, 0.6) is 11.6 Å². The first kappa shape index (κ1) is 20.6. The summed E-state index contributed by atoms with van der Waals surface area (Å²) in [5, 5.41) is 0.627. The first-order chi connectivity index (χ1) is 15.0. The van der Waals surface area contributed by atoms with Gasteiger partial charge in [0.2, 0.25) is 0 Å². The fraction of sp³-hybridized carbons (Fsp3) is 0.364. The van der Waals surface area contributed by atoms with E-state index in [1.165, 1.54) is 7.11 Å². The van der Waals surface area contributed by atoms with E-state index in [2.05, 4.69) is 9.97 Å². The molecule has 162 valence electrons. The molecule has 4 rings (SSSR count). The molecule has 0 bridgehead atoms. The Labute approximate surface area is 179 Å². The number of carbonyl (C=O) groups excluding carboxylic acids is 1. The summed E-state index contributed by atoms with van der Waals surface area (Å²) in [6, 6.07) is 6.82. The number of methoxy groups -OCH3 is 1. The number of likely N-dealkylation sites (tertiary alicyclic amines) is 1. The SMILES string of the molecule is COc1cccc2cc(C(=O)N3CCCC(Oc4nccnc4N(C)C)C3)c(=O)oc12. The summed E-state index contributed by atoms with van der Waals surface area (Å²) in [6.45, 7) is 0.882. The number of fused-ring (bicyclic) bond motifs is 1. The summed E-state index contributed by atoms with van der Waals surface area (Å²) >= 11 is 0. The lowest BCUT2D eigenvalue weighted by Crippen LogP contribution is -2.45. The molecule has 31 heavy (non-hydrogen) atoms. The molecule has 9 nitrogen and oxygen atoms in total. The van der Waals surface area contributed by atoms with Crippen LogP contribution in [0.2, 0.25) is 0 Å². The number of carbonyl (C=O) groups is 1. The van der Waals surface area contributed by atoms with Crippen molar-refractivity contribution in [1.82, 2.24) is 14.9 Å². The summed E-state index contributed by atoms with van der Waals surface area (Å²) in [5.41, 5.74) is -0.367. The van der Waals surface area contributed by atoms with Gasteiger partial charge in [-0.05, 0) is 25.0 Å². The molecule has 0 spiro atoms. The van der Waals surface area contributed by atoms with E-state index < -0.39 is 5.63 Å². The third-order valence-electron chi connectivity index (χ3n) is 5.19. The molecule has 1 amide bonds. The molecule has 0 saturated carbocycles. The molecule has 1 atom stereocenters. The summed E-state index contributed by atoms with van der Waals surface area (Å²) < 4.78 is 16.7. The van der Waals surface area contributed by atoms with Gasteiger partial charge in [0.05, 0.1) is 13.7 Å². The maximum atomic E-state index is 13.1. The highest BCUT2D eigenvalue weighted by atomic mass is 16.5. The van der Waals surface area contributed by atoms with Crippen LogP contribution in [-0.4, -0.2) is 61.2 Å². The molecule has 0 N–H and O–H groups in total. The number of hydrogen-bond acceptors (Lipinski definition) is 8. The van der Waals surface area contributed by atoms with Crippen molar-refractivity contribution in [2.75, 3.05) is 39.2 Å². The third kappa shape index (κ3) is 4.16. The number of aromatic nitrogens is 2. The predicted octanol–water partition coefficient (Wildman–Crippen LogP) is 2.34. The topological polar surface area (TPSA) is 98.0 Å². The van der Waals surface area contributed by atoms with Crippen molar-refractivity contribution in [3.05, 3.63) is 52.6 Å². The van der Waals surface area contributed by atoms with Crippen LogP contribution in [0.25, 0.3) is 11.0 Å². The third-order valence-corrected chi connectivity index (χ3v) is 5.19. The van der Waals surface area contributed by atoms with E-state index in [0.717, 1.165) is 12.8 Å². The molecule has 1 aliphatic heterocycles. The first-order valence-electron chi connectivity index (χ1n) is 10.0. The van der Waals surface area contributed by atoms with Gasteiger partial charge in [-0.15, -0.1) is 0 Å². The van der Waals surface area contributed by atoms with E-state index in [4.69, 9.17) is 13.9 Å². The number of benzene rings is 1. The van der Waals surface area contributed by atoms with Gasteiger partial charge < -0.3 is 23.7 Å². The van der Waals surface area contributed by atoms with Crippen molar-refractivity contribution in [1.29, 1.82) is 0 Å². The number of rotatable bonds is 5. The van der Waals surface area contributed by atoms with Crippen molar-refractivity contribution >= 4 is 22.7 Å². The zero-order valence-corrected chi connectivity index (χ0v) is 17.7. The van der Waals surface area contributed by atoms with Crippen molar-refractivity contribution in [3.63, 3.8) is 0 Å². The highest BCUT2D eigenvalue weighted by molar-refractivity contribution is 5.97. The van der Waals surface area contributed by atoms with Crippen molar-refractivity contribution in [2.45, 2.75) is 18.9 Å². The van der Waals surface area contributed by atoms with Crippen molar-refractivity contribution < 1.29 is 18.7 Å². The molecule has 9 heteroatoms. The van der Waals surface area contributed by atoms with Crippen LogP contribution in [-0.2, 0) is 0 Å². The largest absolute Gasteiger partial charge is 0.493 e. The summed E-state index contributed by atoms with van der Waals surface area (Å²) in [5.74, 6) is 1.11. The normalized spacial score (nSPS) is 16.2. The monoisotopic (exact) mass is 424 g/mol. The fourth-order valence-corrected chi connectivity index (χ4v) is 3.68. The molecular formula is C22H24N4O5. The van der Waals surface area contributed by atoms with Gasteiger partial charge in [-0.2, -0.15) is 0 Å². The number of nitrogens with zero attached hydrogens (tertiary/aromatic N) is 4. The zero-order valence-electron chi connectivity index (χ0n) is 17.7. The fourth-order valence-electron chi connectivity index (χ4n) is 3.68. The average molecular weight is 424 g/mol. The van der Waals surface area contributed by atoms with Gasteiger partial charge in [-0.25, -0.2) is 14.8 Å². The standard InChI is InChI=1S/C22H24N4O5/c1-25(2)19-20(24-10-9-23-19)30-15-7-5-11-26(13-15)21(27)16-12-14-6-4-8-17(29-3)18(14)31-22(16)28/h4,6,8-10,12,15H,5,7,11,13H2,1-3H3. The lowest BCUT2D eigenvalue weighted by Gasteiger charge is -2.32. The Bertz CT molecular complexity index is 1160. The number of piperidine rings is 1. The van der Waals surface area contributed by atoms with Crippen LogP contribution in [0.3, 0.4) is 0 Å². The smallest absolute Gasteiger partial charge is 0.349 e. The van der Waals surface area contributed by atoms with Crippen LogP contribution in [0.15, 0.2) is 45.9 Å². The second-order valence-electron chi connectivity index (χ2n) is 7.54. The van der Waals surface area contributed by atoms with Gasteiger partial charge in [-0.1, -0.05) is 12.1 Å². The van der Waals surface area contributed by atoms with Gasteiger partial charge >= 0.3 is 5.63 Å². The second-order valence-corrected chi connectivity index (χ2v) is 7.54. The number of amides is 1. The van der Waals surface area contributed by atoms with Crippen molar-refractivity contribution in [3.8, 4) is 11.6 Å². The minimum absolute atomic E-state index is 0.00473. The van der Waals surface area contributed by atoms with Gasteiger partial charge in [0.1, 0.15) is 11.7 Å². The van der Waals surface area contributed by atoms with E-state index >= 15 is 0 Å². The lowest BCUT2D eigenvalue weighted by atomic mass is 10.1. The molecule has 0 radical (unpaired) electrons. The summed E-state index contributed by atoms with van der Waals surface area (Å²) in [4.78, 5) is 37.7. The molecule has 3 heterocycles. The van der Waals surface area contributed by atoms with Gasteiger partial charge in [0.15, 0.2) is 17.2 Å². The Morgan fingerprint density at radius 3 is 2.84 bits per heavy atom. The molecule has 1 unspecified atom stereocenters. The predicted molar refractivity (Wildman–Crippen MR) is 115 cm³/mol. The zero-order chi connectivity index (χ0) is 22.0. The Balaban J connectivity index is 1.56. The molecule has 3 aromatic rings. The number of hydrogen-bond donors (Lipinski definition) is 0. The molecule has 2 aromatic heterocycles. The molecule has 0 aliphatic carbocycles. The Morgan fingerprint density at radius 1 is 1.26 bits per heavy atom. The van der Waals surface area contributed by atoms with E-state index in [1.807, 2.05) is 19.0 Å². The quantitative estimate of drug-likeness (QED) is 0.576. The van der Waals surface area contributed by atoms with E-state index in [-0.39, 0.29) is 17.6 Å². The van der Waals surface area contributed by atoms with Crippen LogP contribution in [0.4, 0.5) is 5.82 Å². The molecule has 1 saturated heterocycles. The van der Waals surface area contributed by atoms with Crippen LogP contribution in [0.1, 0.15) is 23.2 Å². The molecule has 1 aromatic carbocycles. The maximum absolute atomic E-state index is 13.1. The summed E-state index contributed by atoms with van der Waals surface area (Å²) in [6.07, 6.45) is 4.45. The average Bonchev–Trinajstić information content (AvgIpc) is 2.78. The first-order valence-corrected chi connectivity index (χ1v) is 10.0. The van der Waals surface area contributed by atoms with E-state index in [9.17, 15) is 9.59 Å². The van der Waals surface area contributed by atoms with Gasteiger partial charge in [0, 0.05) is 38.4 Å². The molecular weight excluding hydrogens is 400 g/mol. The van der Waals surface area contributed by atoms with E-state index in [0.29, 0.717) is 41.5 Å². The molecule has 1 aliphatic rings. The van der Waals surface area contributed by atoms with Crippen molar-refractivity contribution in [2.24, 2.45) is 0 Å². The minimum Gasteiger partial charge on any atom is -0.493 e. The molecule has 1 fully saturated rings. The van der Waals surface area contributed by atoms with Crippen LogP contribution < -0.4 is 20.0 Å².